The van der Waals surface area contributed by atoms with Crippen LogP contribution in [0.15, 0.2) is 41.7 Å². The Morgan fingerprint density at radius 3 is 3.12 bits per heavy atom. The number of amidine groups is 1. The van der Waals surface area contributed by atoms with Gasteiger partial charge in [-0.05, 0) is 18.2 Å². The molecule has 0 radical (unpaired) electrons. The lowest BCUT2D eigenvalue weighted by atomic mass is 10.2. The average Bonchev–Trinajstić information content (AvgIpc) is 2.30. The van der Waals surface area contributed by atoms with Crippen LogP contribution in [0.1, 0.15) is 12.1 Å². The maximum absolute atomic E-state index is 11.1. The van der Waals surface area contributed by atoms with Crippen LogP contribution in [0.4, 0.5) is 0 Å². The maximum atomic E-state index is 11.1. The first-order valence-corrected chi connectivity index (χ1v) is 5.24. The summed E-state index contributed by atoms with van der Waals surface area (Å²) in [5.74, 6) is 0.832. The minimum atomic E-state index is 0.0929. The Balaban J connectivity index is 1.86. The Kier molecular flexibility index (Phi) is 3.43. The third-order valence-corrected chi connectivity index (χ3v) is 2.26. The molecule has 2 heterocycles. The molecular formula is C12H13N3O. The largest absolute Gasteiger partial charge is 0.350 e. The van der Waals surface area contributed by atoms with Gasteiger partial charge >= 0.3 is 0 Å². The molecule has 0 saturated carbocycles. The highest BCUT2D eigenvalue weighted by Gasteiger charge is 2.07. The molecular weight excluding hydrogens is 202 g/mol. The molecule has 0 bridgehead atoms. The lowest BCUT2D eigenvalue weighted by molar-refractivity contribution is -0.113. The van der Waals surface area contributed by atoms with Gasteiger partial charge in [-0.1, -0.05) is 6.07 Å². The van der Waals surface area contributed by atoms with Crippen molar-refractivity contribution in [3.05, 3.63) is 42.4 Å². The molecule has 0 amide bonds. The van der Waals surface area contributed by atoms with Gasteiger partial charge < -0.3 is 5.32 Å². The van der Waals surface area contributed by atoms with Gasteiger partial charge in [0.15, 0.2) is 5.78 Å². The number of aliphatic imine (C=N–C) groups is 1. The zero-order valence-electron chi connectivity index (χ0n) is 8.89. The van der Waals surface area contributed by atoms with Crippen molar-refractivity contribution >= 4 is 11.6 Å². The molecule has 0 unspecified atom stereocenters. The van der Waals surface area contributed by atoms with Crippen molar-refractivity contribution in [2.75, 3.05) is 6.54 Å². The number of ketones is 1. The Hall–Kier alpha value is -1.97. The zero-order valence-corrected chi connectivity index (χ0v) is 8.89. The summed E-state index contributed by atoms with van der Waals surface area (Å²) in [4.78, 5) is 19.6. The van der Waals surface area contributed by atoms with Crippen molar-refractivity contribution in [2.24, 2.45) is 4.99 Å². The van der Waals surface area contributed by atoms with Crippen LogP contribution in [0.25, 0.3) is 0 Å². The summed E-state index contributed by atoms with van der Waals surface area (Å²) in [6.45, 7) is 0.653. The van der Waals surface area contributed by atoms with E-state index in [1.807, 2.05) is 18.2 Å². The van der Waals surface area contributed by atoms with Gasteiger partial charge in [0, 0.05) is 31.1 Å². The van der Waals surface area contributed by atoms with Gasteiger partial charge in [-0.25, -0.2) is 0 Å². The number of carbonyl (C=O) groups excluding carboxylic acids is 1. The molecule has 1 aromatic rings. The second-order valence-electron chi connectivity index (χ2n) is 3.52. The first kappa shape index (κ1) is 10.5. The van der Waals surface area contributed by atoms with E-state index in [9.17, 15) is 4.79 Å². The highest BCUT2D eigenvalue weighted by molar-refractivity contribution is 6.08. The van der Waals surface area contributed by atoms with Crippen LogP contribution in [0.2, 0.25) is 0 Å². The van der Waals surface area contributed by atoms with Crippen LogP contribution in [0.3, 0.4) is 0 Å². The first-order valence-electron chi connectivity index (χ1n) is 5.24. The van der Waals surface area contributed by atoms with E-state index in [0.29, 0.717) is 13.0 Å². The monoisotopic (exact) mass is 215 g/mol. The van der Waals surface area contributed by atoms with Crippen LogP contribution in [-0.4, -0.2) is 23.1 Å². The Morgan fingerprint density at radius 1 is 1.44 bits per heavy atom. The highest BCUT2D eigenvalue weighted by atomic mass is 16.1. The Bertz CT molecular complexity index is 423. The summed E-state index contributed by atoms with van der Waals surface area (Å²) >= 11 is 0. The molecule has 2 rings (SSSR count). The molecule has 0 fully saturated rings. The quantitative estimate of drug-likeness (QED) is 0.821. The van der Waals surface area contributed by atoms with Crippen LogP contribution < -0.4 is 5.32 Å². The second kappa shape index (κ2) is 5.21. The van der Waals surface area contributed by atoms with Gasteiger partial charge in [0.2, 0.25) is 0 Å². The summed E-state index contributed by atoms with van der Waals surface area (Å²) in [6, 6.07) is 5.82. The van der Waals surface area contributed by atoms with Gasteiger partial charge in [-0.3, -0.25) is 14.8 Å². The van der Waals surface area contributed by atoms with Crippen LogP contribution in [0.5, 0.6) is 0 Å². The highest BCUT2D eigenvalue weighted by Crippen LogP contribution is 1.98. The van der Waals surface area contributed by atoms with Crippen molar-refractivity contribution in [3.63, 3.8) is 0 Å². The fourth-order valence-corrected chi connectivity index (χ4v) is 1.46. The average molecular weight is 215 g/mol. The molecule has 1 aliphatic heterocycles. The minimum absolute atomic E-state index is 0.0929. The predicted molar refractivity (Wildman–Crippen MR) is 62.1 cm³/mol. The minimum Gasteiger partial charge on any atom is -0.350 e. The number of hydrogen-bond acceptors (Lipinski definition) is 3. The van der Waals surface area contributed by atoms with E-state index >= 15 is 0 Å². The molecule has 0 spiro atoms. The molecule has 4 heteroatoms. The molecule has 1 aliphatic rings. The van der Waals surface area contributed by atoms with E-state index in [4.69, 9.17) is 0 Å². The summed E-state index contributed by atoms with van der Waals surface area (Å²) in [5.41, 5.74) is 1.02. The Morgan fingerprint density at radius 2 is 2.38 bits per heavy atom. The van der Waals surface area contributed by atoms with Crippen molar-refractivity contribution < 1.29 is 4.79 Å². The summed E-state index contributed by atoms with van der Waals surface area (Å²) in [7, 11) is 0. The molecule has 1 aromatic heterocycles. The smallest absolute Gasteiger partial charge is 0.164 e. The number of carbonyl (C=O) groups is 1. The van der Waals surface area contributed by atoms with E-state index in [0.717, 1.165) is 18.0 Å². The molecule has 0 saturated heterocycles. The summed E-state index contributed by atoms with van der Waals surface area (Å²) in [5, 5.41) is 2.96. The van der Waals surface area contributed by atoms with E-state index in [1.165, 1.54) is 6.08 Å². The number of rotatable bonds is 3. The lowest BCUT2D eigenvalue weighted by Crippen LogP contribution is -2.25. The van der Waals surface area contributed by atoms with Gasteiger partial charge in [0.1, 0.15) is 5.84 Å². The van der Waals surface area contributed by atoms with Crippen LogP contribution in [0, 0.1) is 0 Å². The third-order valence-electron chi connectivity index (χ3n) is 2.26. The first-order chi connectivity index (χ1) is 7.84. The van der Waals surface area contributed by atoms with E-state index in [2.05, 4.69) is 15.3 Å². The predicted octanol–water partition coefficient (Wildman–Crippen LogP) is 1.10. The van der Waals surface area contributed by atoms with E-state index in [1.54, 1.807) is 12.4 Å². The van der Waals surface area contributed by atoms with E-state index in [-0.39, 0.29) is 5.78 Å². The molecule has 82 valence electrons. The number of pyridine rings is 1. The van der Waals surface area contributed by atoms with Crippen LogP contribution in [-0.2, 0) is 11.2 Å². The summed E-state index contributed by atoms with van der Waals surface area (Å²) < 4.78 is 0. The second-order valence-corrected chi connectivity index (χ2v) is 3.52. The standard InChI is InChI=1S/C12H13N3O/c16-11-5-8-15-12(9-11)14-7-4-10-3-1-2-6-13-10/h1-3,5-6,8H,4,7,9H2,(H,14,15). The van der Waals surface area contributed by atoms with Crippen LogP contribution >= 0.6 is 0 Å². The fourth-order valence-electron chi connectivity index (χ4n) is 1.46. The van der Waals surface area contributed by atoms with E-state index < -0.39 is 0 Å². The van der Waals surface area contributed by atoms with Crippen molar-refractivity contribution in [2.45, 2.75) is 12.8 Å². The normalized spacial score (nSPS) is 17.5. The molecule has 1 N–H and O–H groups in total. The molecule has 0 atom stereocenters. The van der Waals surface area contributed by atoms with Crippen molar-refractivity contribution in [3.8, 4) is 0 Å². The Labute approximate surface area is 94.1 Å². The van der Waals surface area contributed by atoms with Gasteiger partial charge in [0.25, 0.3) is 0 Å². The molecule has 16 heavy (non-hydrogen) atoms. The topological polar surface area (TPSA) is 54.4 Å². The molecule has 0 aliphatic carbocycles. The molecule has 4 nitrogen and oxygen atoms in total. The number of hydrogen-bond donors (Lipinski definition) is 1. The number of aromatic nitrogens is 1. The third kappa shape index (κ3) is 3.02. The lowest BCUT2D eigenvalue weighted by Gasteiger charge is -2.08. The fraction of sp³-hybridized carbons (Fsp3) is 0.250. The number of nitrogens with zero attached hydrogens (tertiary/aromatic N) is 2. The summed E-state index contributed by atoms with van der Waals surface area (Å²) in [6.07, 6.45) is 6.10. The van der Waals surface area contributed by atoms with Crippen molar-refractivity contribution in [1.82, 2.24) is 10.3 Å². The van der Waals surface area contributed by atoms with Gasteiger partial charge in [-0.2, -0.15) is 0 Å². The number of allylic oxidation sites excluding steroid dienone is 1. The molecule has 0 aromatic carbocycles. The van der Waals surface area contributed by atoms with Crippen molar-refractivity contribution in [1.29, 1.82) is 0 Å². The maximum Gasteiger partial charge on any atom is 0.164 e. The van der Waals surface area contributed by atoms with Gasteiger partial charge in [0.05, 0.1) is 6.42 Å². The zero-order chi connectivity index (χ0) is 11.2. The van der Waals surface area contributed by atoms with Gasteiger partial charge in [-0.15, -0.1) is 0 Å². The number of nitrogens with one attached hydrogen (secondary N) is 1. The SMILES string of the molecule is O=C1C=CNC(=NCCc2ccccn2)C1.